The molecule has 1 atom stereocenters. The fraction of sp³-hybridized carbons (Fsp3) is 0.400. The zero-order valence-electron chi connectivity index (χ0n) is 12.0. The van der Waals surface area contributed by atoms with Crippen LogP contribution in [0.15, 0.2) is 24.3 Å². The molecule has 0 spiro atoms. The first-order chi connectivity index (χ1) is 10.5. The van der Waals surface area contributed by atoms with Gasteiger partial charge in [0, 0.05) is 16.0 Å². The van der Waals surface area contributed by atoms with Crippen LogP contribution in [0.2, 0.25) is 0 Å². The number of nitrogens with two attached hydrogens (primary N) is 1. The number of benzene rings is 1. The number of primary amides is 1. The first-order valence-corrected chi connectivity index (χ1v) is 8.15. The molecule has 1 saturated carbocycles. The van der Waals surface area contributed by atoms with Crippen LogP contribution < -0.4 is 16.4 Å². The van der Waals surface area contributed by atoms with Crippen LogP contribution in [0.3, 0.4) is 0 Å². The van der Waals surface area contributed by atoms with E-state index < -0.39 is 5.91 Å². The van der Waals surface area contributed by atoms with Gasteiger partial charge in [0.15, 0.2) is 0 Å². The molecule has 1 fully saturated rings. The third-order valence-corrected chi connectivity index (χ3v) is 4.43. The van der Waals surface area contributed by atoms with Crippen molar-refractivity contribution in [2.24, 2.45) is 11.7 Å². The molecule has 0 heterocycles. The van der Waals surface area contributed by atoms with Gasteiger partial charge in [-0.3, -0.25) is 14.4 Å². The predicted molar refractivity (Wildman–Crippen MR) is 90.0 cm³/mol. The Morgan fingerprint density at radius 1 is 1.27 bits per heavy atom. The number of hydrogen-bond acceptors (Lipinski definition) is 3. The minimum atomic E-state index is -0.430. The van der Waals surface area contributed by atoms with Gasteiger partial charge in [0.1, 0.15) is 0 Å². The lowest BCUT2D eigenvalue weighted by molar-refractivity contribution is -0.122. The lowest BCUT2D eigenvalue weighted by atomic mass is 10.1. The van der Waals surface area contributed by atoms with Crippen LogP contribution in [0.1, 0.15) is 29.6 Å². The van der Waals surface area contributed by atoms with Crippen LogP contribution in [0, 0.1) is 9.49 Å². The zero-order valence-corrected chi connectivity index (χ0v) is 14.1. The van der Waals surface area contributed by atoms with Crippen molar-refractivity contribution in [1.82, 2.24) is 10.6 Å². The maximum absolute atomic E-state index is 12.0. The smallest absolute Gasteiger partial charge is 0.252 e. The van der Waals surface area contributed by atoms with Crippen molar-refractivity contribution in [3.05, 3.63) is 33.4 Å². The summed E-state index contributed by atoms with van der Waals surface area (Å²) in [5, 5.41) is 5.36. The van der Waals surface area contributed by atoms with Crippen molar-refractivity contribution in [1.29, 1.82) is 0 Å². The number of amides is 3. The van der Waals surface area contributed by atoms with Gasteiger partial charge in [-0.05, 0) is 53.5 Å². The summed E-state index contributed by atoms with van der Waals surface area (Å²) in [7, 11) is 0. The summed E-state index contributed by atoms with van der Waals surface area (Å²) in [6.45, 7) is -0.119. The minimum Gasteiger partial charge on any atom is -0.370 e. The number of hydrogen-bond donors (Lipinski definition) is 3. The van der Waals surface area contributed by atoms with Crippen molar-refractivity contribution in [2.45, 2.75) is 25.3 Å². The fourth-order valence-corrected chi connectivity index (χ4v) is 2.84. The van der Waals surface area contributed by atoms with Crippen molar-refractivity contribution in [3.8, 4) is 0 Å². The highest BCUT2D eigenvalue weighted by molar-refractivity contribution is 14.1. The van der Waals surface area contributed by atoms with E-state index in [1.54, 1.807) is 12.1 Å². The average molecular weight is 415 g/mol. The summed E-state index contributed by atoms with van der Waals surface area (Å²) in [6.07, 6.45) is 2.13. The molecular formula is C15H18IN3O3. The second kappa shape index (κ2) is 7.57. The molecular weight excluding hydrogens is 397 g/mol. The molecule has 22 heavy (non-hydrogen) atoms. The molecule has 0 saturated heterocycles. The van der Waals surface area contributed by atoms with E-state index in [1.165, 1.54) is 0 Å². The van der Waals surface area contributed by atoms with E-state index in [9.17, 15) is 14.4 Å². The lowest BCUT2D eigenvalue weighted by Crippen LogP contribution is -2.44. The Kier molecular flexibility index (Phi) is 5.76. The van der Waals surface area contributed by atoms with Crippen LogP contribution in [-0.4, -0.2) is 30.3 Å². The predicted octanol–water partition coefficient (Wildman–Crippen LogP) is 0.791. The van der Waals surface area contributed by atoms with Gasteiger partial charge in [-0.25, -0.2) is 0 Å². The van der Waals surface area contributed by atoms with Gasteiger partial charge in [0.25, 0.3) is 5.91 Å². The molecule has 1 aliphatic rings. The molecule has 0 radical (unpaired) electrons. The van der Waals surface area contributed by atoms with Crippen molar-refractivity contribution >= 4 is 40.3 Å². The quantitative estimate of drug-likeness (QED) is 0.574. The highest BCUT2D eigenvalue weighted by atomic mass is 127. The second-order valence-electron chi connectivity index (χ2n) is 5.34. The molecule has 3 amide bonds. The number of carbonyl (C=O) groups is 3. The highest BCUT2D eigenvalue weighted by Gasteiger charge is 2.33. The van der Waals surface area contributed by atoms with E-state index >= 15 is 0 Å². The van der Waals surface area contributed by atoms with Gasteiger partial charge >= 0.3 is 0 Å². The third kappa shape index (κ3) is 4.97. The average Bonchev–Trinajstić information content (AvgIpc) is 3.28. The summed E-state index contributed by atoms with van der Waals surface area (Å²) in [5.74, 6) is -0.710. The van der Waals surface area contributed by atoms with Crippen molar-refractivity contribution in [3.63, 3.8) is 0 Å². The van der Waals surface area contributed by atoms with E-state index in [1.807, 2.05) is 12.1 Å². The Labute approximate surface area is 142 Å². The number of nitrogens with one attached hydrogen (secondary N) is 2. The summed E-state index contributed by atoms with van der Waals surface area (Å²) in [6, 6.07) is 6.92. The molecule has 4 N–H and O–H groups in total. The van der Waals surface area contributed by atoms with Crippen LogP contribution in [-0.2, 0) is 9.59 Å². The van der Waals surface area contributed by atoms with E-state index in [2.05, 4.69) is 33.2 Å². The Hall–Kier alpha value is -1.64. The SMILES string of the molecule is NC(=O)CC(NC(=O)CNC(=O)c1ccccc1I)C1CC1. The molecule has 6 nitrogen and oxygen atoms in total. The molecule has 0 bridgehead atoms. The maximum atomic E-state index is 12.0. The van der Waals surface area contributed by atoms with E-state index in [0.717, 1.165) is 16.4 Å². The summed E-state index contributed by atoms with van der Waals surface area (Å²) < 4.78 is 0.822. The van der Waals surface area contributed by atoms with Gasteiger partial charge in [0.2, 0.25) is 11.8 Å². The molecule has 1 aromatic carbocycles. The van der Waals surface area contributed by atoms with Gasteiger partial charge in [-0.2, -0.15) is 0 Å². The molecule has 1 unspecified atom stereocenters. The first-order valence-electron chi connectivity index (χ1n) is 7.07. The van der Waals surface area contributed by atoms with Crippen LogP contribution in [0.5, 0.6) is 0 Å². The summed E-state index contributed by atoms with van der Waals surface area (Å²) >= 11 is 2.07. The molecule has 0 aliphatic heterocycles. The topological polar surface area (TPSA) is 101 Å². The molecule has 1 aliphatic carbocycles. The standard InChI is InChI=1S/C15H18IN3O3/c16-11-4-2-1-3-10(11)15(22)18-8-14(21)19-12(7-13(17)20)9-5-6-9/h1-4,9,12H,5-8H2,(H2,17,20)(H,18,22)(H,19,21). The van der Waals surface area contributed by atoms with Gasteiger partial charge in [0.05, 0.1) is 12.1 Å². The minimum absolute atomic E-state index is 0.119. The molecule has 1 aromatic rings. The lowest BCUT2D eigenvalue weighted by Gasteiger charge is -2.17. The Balaban J connectivity index is 1.83. The van der Waals surface area contributed by atoms with Gasteiger partial charge in [-0.1, -0.05) is 12.1 Å². The highest BCUT2D eigenvalue weighted by Crippen LogP contribution is 2.33. The van der Waals surface area contributed by atoms with Gasteiger partial charge < -0.3 is 16.4 Å². The number of carbonyl (C=O) groups excluding carboxylic acids is 3. The fourth-order valence-electron chi connectivity index (χ4n) is 2.21. The number of halogens is 1. The van der Waals surface area contributed by atoms with Crippen LogP contribution >= 0.6 is 22.6 Å². The Morgan fingerprint density at radius 3 is 2.55 bits per heavy atom. The summed E-state index contributed by atoms with van der Waals surface area (Å²) in [4.78, 5) is 34.9. The Morgan fingerprint density at radius 2 is 1.95 bits per heavy atom. The largest absolute Gasteiger partial charge is 0.370 e. The monoisotopic (exact) mass is 415 g/mol. The maximum Gasteiger partial charge on any atom is 0.252 e. The van der Waals surface area contributed by atoms with Gasteiger partial charge in [-0.15, -0.1) is 0 Å². The summed E-state index contributed by atoms with van der Waals surface area (Å²) in [5.41, 5.74) is 5.72. The van der Waals surface area contributed by atoms with Crippen LogP contribution in [0.25, 0.3) is 0 Å². The molecule has 2 rings (SSSR count). The molecule has 7 heteroatoms. The normalized spacial score (nSPS) is 15.0. The zero-order chi connectivity index (χ0) is 16.1. The molecule has 0 aromatic heterocycles. The first kappa shape index (κ1) is 16.7. The van der Waals surface area contributed by atoms with Crippen LogP contribution in [0.4, 0.5) is 0 Å². The number of rotatable bonds is 7. The van der Waals surface area contributed by atoms with E-state index in [-0.39, 0.29) is 30.8 Å². The third-order valence-electron chi connectivity index (χ3n) is 3.49. The van der Waals surface area contributed by atoms with E-state index in [0.29, 0.717) is 11.5 Å². The molecule has 118 valence electrons. The second-order valence-corrected chi connectivity index (χ2v) is 6.51. The van der Waals surface area contributed by atoms with Crippen molar-refractivity contribution < 1.29 is 14.4 Å². The van der Waals surface area contributed by atoms with Crippen molar-refractivity contribution in [2.75, 3.05) is 6.54 Å². The van der Waals surface area contributed by atoms with E-state index in [4.69, 9.17) is 5.73 Å². The Bertz CT molecular complexity index is 587.